The zero-order valence-electron chi connectivity index (χ0n) is 9.87. The summed E-state index contributed by atoms with van der Waals surface area (Å²) in [7, 11) is 3.83. The molecular weight excluding hydrogens is 268 g/mol. The van der Waals surface area contributed by atoms with Gasteiger partial charge in [0.2, 0.25) is 0 Å². The number of nitrogens with two attached hydrogens (primary N) is 1. The first-order valence-electron chi connectivity index (χ1n) is 5.35. The van der Waals surface area contributed by atoms with E-state index >= 15 is 0 Å². The second-order valence-corrected chi connectivity index (χ2v) is 4.70. The lowest BCUT2D eigenvalue weighted by atomic mass is 10.2. The van der Waals surface area contributed by atoms with Crippen molar-refractivity contribution >= 4 is 21.6 Å². The second-order valence-electron chi connectivity index (χ2n) is 3.90. The summed E-state index contributed by atoms with van der Waals surface area (Å²) in [6, 6.07) is 5.98. The highest BCUT2D eigenvalue weighted by Gasteiger charge is 2.05. The number of nitrogen functional groups attached to an aromatic ring is 1. The minimum Gasteiger partial charge on any atom is -0.398 e. The summed E-state index contributed by atoms with van der Waals surface area (Å²) in [6.45, 7) is 2.73. The average molecular weight is 287 g/mol. The number of anilines is 1. The molecule has 3 nitrogen and oxygen atoms in total. The molecule has 0 saturated heterocycles. The van der Waals surface area contributed by atoms with E-state index in [1.165, 1.54) is 5.56 Å². The topological polar surface area (TPSA) is 38.5 Å². The third-order valence-electron chi connectivity index (χ3n) is 2.44. The van der Waals surface area contributed by atoms with E-state index in [1.807, 2.05) is 12.1 Å². The summed E-state index contributed by atoms with van der Waals surface area (Å²) in [6.07, 6.45) is 1.05. The van der Waals surface area contributed by atoms with Crippen molar-refractivity contribution in [3.05, 3.63) is 28.2 Å². The Morgan fingerprint density at radius 3 is 2.88 bits per heavy atom. The Morgan fingerprint density at radius 2 is 2.19 bits per heavy atom. The van der Waals surface area contributed by atoms with Crippen LogP contribution in [0.1, 0.15) is 12.0 Å². The van der Waals surface area contributed by atoms with Crippen LogP contribution in [0.15, 0.2) is 22.7 Å². The van der Waals surface area contributed by atoms with Gasteiger partial charge in [-0.15, -0.1) is 0 Å². The number of ether oxygens (including phenoxy) is 1. The highest BCUT2D eigenvalue weighted by Crippen LogP contribution is 2.24. The highest BCUT2D eigenvalue weighted by atomic mass is 79.9. The fraction of sp³-hybridized carbons (Fsp3) is 0.500. The summed E-state index contributed by atoms with van der Waals surface area (Å²) in [5.41, 5.74) is 7.85. The molecule has 0 amide bonds. The van der Waals surface area contributed by atoms with Gasteiger partial charge in [-0.05, 0) is 41.0 Å². The largest absolute Gasteiger partial charge is 0.398 e. The predicted molar refractivity (Wildman–Crippen MR) is 71.4 cm³/mol. The lowest BCUT2D eigenvalue weighted by molar-refractivity contribution is 0.178. The number of methoxy groups -OCH3 is 1. The molecule has 0 aliphatic carbocycles. The SMILES string of the molecule is COCCCN(C)Cc1cccc(N)c1Br. The molecule has 16 heavy (non-hydrogen) atoms. The van der Waals surface area contributed by atoms with Crippen molar-refractivity contribution in [3.63, 3.8) is 0 Å². The zero-order chi connectivity index (χ0) is 12.0. The van der Waals surface area contributed by atoms with E-state index in [0.717, 1.165) is 36.3 Å². The van der Waals surface area contributed by atoms with Crippen LogP contribution < -0.4 is 5.73 Å². The molecule has 2 N–H and O–H groups in total. The lowest BCUT2D eigenvalue weighted by Gasteiger charge is -2.17. The van der Waals surface area contributed by atoms with E-state index in [0.29, 0.717) is 0 Å². The molecule has 0 aliphatic rings. The third kappa shape index (κ3) is 4.12. The van der Waals surface area contributed by atoms with Gasteiger partial charge in [-0.25, -0.2) is 0 Å². The second kappa shape index (κ2) is 6.89. The van der Waals surface area contributed by atoms with Gasteiger partial charge in [-0.3, -0.25) is 0 Å². The fourth-order valence-electron chi connectivity index (χ4n) is 1.57. The summed E-state index contributed by atoms with van der Waals surface area (Å²) < 4.78 is 6.04. The third-order valence-corrected chi connectivity index (χ3v) is 3.40. The summed E-state index contributed by atoms with van der Waals surface area (Å²) in [5.74, 6) is 0. The molecule has 0 saturated carbocycles. The van der Waals surface area contributed by atoms with Crippen LogP contribution in [0.4, 0.5) is 5.69 Å². The van der Waals surface area contributed by atoms with E-state index in [-0.39, 0.29) is 0 Å². The van der Waals surface area contributed by atoms with Gasteiger partial charge in [0, 0.05) is 37.0 Å². The Bertz CT molecular complexity index is 331. The van der Waals surface area contributed by atoms with Crippen LogP contribution >= 0.6 is 15.9 Å². The number of hydrogen-bond donors (Lipinski definition) is 1. The fourth-order valence-corrected chi connectivity index (χ4v) is 1.96. The van der Waals surface area contributed by atoms with Crippen LogP contribution in [0, 0.1) is 0 Å². The van der Waals surface area contributed by atoms with Gasteiger partial charge >= 0.3 is 0 Å². The molecule has 0 spiro atoms. The van der Waals surface area contributed by atoms with Crippen molar-refractivity contribution < 1.29 is 4.74 Å². The van der Waals surface area contributed by atoms with Crippen molar-refractivity contribution in [1.29, 1.82) is 0 Å². The van der Waals surface area contributed by atoms with Crippen molar-refractivity contribution in [1.82, 2.24) is 4.90 Å². The quantitative estimate of drug-likeness (QED) is 0.645. The van der Waals surface area contributed by atoms with Gasteiger partial charge in [-0.1, -0.05) is 12.1 Å². The summed E-state index contributed by atoms with van der Waals surface area (Å²) >= 11 is 3.51. The molecule has 0 radical (unpaired) electrons. The molecule has 0 atom stereocenters. The Labute approximate surface area is 106 Å². The van der Waals surface area contributed by atoms with E-state index in [9.17, 15) is 0 Å². The van der Waals surface area contributed by atoms with Gasteiger partial charge in [0.15, 0.2) is 0 Å². The molecule has 0 aromatic heterocycles. The van der Waals surface area contributed by atoms with Gasteiger partial charge in [0.1, 0.15) is 0 Å². The molecule has 1 aromatic carbocycles. The number of nitrogens with zero attached hydrogens (tertiary/aromatic N) is 1. The Hall–Kier alpha value is -0.580. The minimum absolute atomic E-state index is 0.794. The maximum absolute atomic E-state index is 5.83. The monoisotopic (exact) mass is 286 g/mol. The molecule has 4 heteroatoms. The first-order chi connectivity index (χ1) is 7.65. The molecule has 1 rings (SSSR count). The molecule has 1 aromatic rings. The van der Waals surface area contributed by atoms with Crippen molar-refractivity contribution in [3.8, 4) is 0 Å². The van der Waals surface area contributed by atoms with Crippen molar-refractivity contribution in [2.75, 3.05) is 33.0 Å². The Balaban J connectivity index is 2.49. The molecule has 0 unspecified atom stereocenters. The number of benzene rings is 1. The van der Waals surface area contributed by atoms with E-state index < -0.39 is 0 Å². The standard InChI is InChI=1S/C12H19BrN2O/c1-15(7-4-8-16-2)9-10-5-3-6-11(14)12(10)13/h3,5-6H,4,7-9,14H2,1-2H3. The molecule has 0 heterocycles. The van der Waals surface area contributed by atoms with E-state index in [2.05, 4.69) is 33.9 Å². The zero-order valence-corrected chi connectivity index (χ0v) is 11.5. The number of rotatable bonds is 6. The van der Waals surface area contributed by atoms with Crippen LogP contribution in [0.5, 0.6) is 0 Å². The molecule has 0 bridgehead atoms. The average Bonchev–Trinajstić information content (AvgIpc) is 2.25. The maximum Gasteiger partial charge on any atom is 0.0474 e. The Kier molecular flexibility index (Phi) is 5.80. The molecule has 0 fully saturated rings. The van der Waals surface area contributed by atoms with Crippen LogP contribution in [0.25, 0.3) is 0 Å². The molecule has 90 valence electrons. The van der Waals surface area contributed by atoms with E-state index in [1.54, 1.807) is 7.11 Å². The minimum atomic E-state index is 0.794. The Morgan fingerprint density at radius 1 is 1.44 bits per heavy atom. The van der Waals surface area contributed by atoms with Gasteiger partial charge in [0.05, 0.1) is 0 Å². The number of halogens is 1. The smallest absolute Gasteiger partial charge is 0.0474 e. The lowest BCUT2D eigenvalue weighted by Crippen LogP contribution is -2.20. The van der Waals surface area contributed by atoms with Crippen molar-refractivity contribution in [2.45, 2.75) is 13.0 Å². The maximum atomic E-state index is 5.83. The van der Waals surface area contributed by atoms with Crippen LogP contribution in [0.3, 0.4) is 0 Å². The highest BCUT2D eigenvalue weighted by molar-refractivity contribution is 9.10. The normalized spacial score (nSPS) is 11.0. The summed E-state index contributed by atoms with van der Waals surface area (Å²) in [5, 5.41) is 0. The van der Waals surface area contributed by atoms with Crippen LogP contribution in [-0.2, 0) is 11.3 Å². The van der Waals surface area contributed by atoms with Gasteiger partial charge < -0.3 is 15.4 Å². The van der Waals surface area contributed by atoms with Crippen LogP contribution in [-0.4, -0.2) is 32.2 Å². The van der Waals surface area contributed by atoms with Crippen LogP contribution in [0.2, 0.25) is 0 Å². The van der Waals surface area contributed by atoms with Gasteiger partial charge in [0.25, 0.3) is 0 Å². The first kappa shape index (κ1) is 13.5. The van der Waals surface area contributed by atoms with Crippen molar-refractivity contribution in [2.24, 2.45) is 0 Å². The molecule has 0 aliphatic heterocycles. The summed E-state index contributed by atoms with van der Waals surface area (Å²) in [4.78, 5) is 2.26. The first-order valence-corrected chi connectivity index (χ1v) is 6.14. The molecular formula is C12H19BrN2O. The van der Waals surface area contributed by atoms with E-state index in [4.69, 9.17) is 10.5 Å². The predicted octanol–water partition coefficient (Wildman–Crippen LogP) is 2.50. The number of hydrogen-bond acceptors (Lipinski definition) is 3. The van der Waals surface area contributed by atoms with Gasteiger partial charge in [-0.2, -0.15) is 0 Å².